The van der Waals surface area contributed by atoms with E-state index in [2.05, 4.69) is 89.1 Å². The number of benzene rings is 1. The molecule has 3 rings (SSSR count). The van der Waals surface area contributed by atoms with Gasteiger partial charge in [-0.2, -0.15) is 0 Å². The maximum Gasteiger partial charge on any atom is 2.00 e. The van der Waals surface area contributed by atoms with Gasteiger partial charge in [-0.25, -0.2) is 0 Å². The van der Waals surface area contributed by atoms with Gasteiger partial charge in [-0.1, -0.05) is 45.9 Å². The molecular formula is C26H36FeN2+2. The molecule has 3 heteroatoms. The summed E-state index contributed by atoms with van der Waals surface area (Å²) in [6.45, 7) is 13.2. The van der Waals surface area contributed by atoms with Crippen LogP contribution in [0.15, 0.2) is 18.2 Å². The van der Waals surface area contributed by atoms with E-state index in [0.717, 1.165) is 13.1 Å². The molecule has 2 saturated carbocycles. The number of rotatable bonds is 8. The smallest absolute Gasteiger partial charge is 0.383 e. The molecule has 2 nitrogen and oxygen atoms in total. The van der Waals surface area contributed by atoms with Gasteiger partial charge in [0, 0.05) is 24.8 Å². The fraction of sp³-hybridized carbons (Fsp3) is 0.385. The number of anilines is 1. The summed E-state index contributed by atoms with van der Waals surface area (Å²) in [6.07, 6.45) is 18.5. The van der Waals surface area contributed by atoms with Gasteiger partial charge in [0.05, 0.1) is 0 Å². The minimum absolute atomic E-state index is 0. The summed E-state index contributed by atoms with van der Waals surface area (Å²) in [6, 6.07) is 7.08. The van der Waals surface area contributed by atoms with E-state index in [9.17, 15) is 0 Å². The average molecular weight is 432 g/mol. The first-order chi connectivity index (χ1) is 13.5. The second-order valence-corrected chi connectivity index (χ2v) is 7.90. The fourth-order valence-electron chi connectivity index (χ4n) is 3.35. The van der Waals surface area contributed by atoms with Crippen LogP contribution in [0.5, 0.6) is 0 Å². The third-order valence-corrected chi connectivity index (χ3v) is 4.99. The van der Waals surface area contributed by atoms with Crippen molar-refractivity contribution < 1.29 is 17.1 Å². The Morgan fingerprint density at radius 3 is 1.62 bits per heavy atom. The SMILES string of the molecule is CC(NCCNc1c(C(C)C)cccc1C(C)C)[C]1[CH][CH][CH][CH]1.[CH]1[CH][CH][CH][CH]1.[Fe+2]. The molecule has 0 heterocycles. The van der Waals surface area contributed by atoms with Crippen LogP contribution < -0.4 is 10.6 Å². The van der Waals surface area contributed by atoms with Gasteiger partial charge in [0.25, 0.3) is 0 Å². The first-order valence-corrected chi connectivity index (χ1v) is 10.5. The van der Waals surface area contributed by atoms with E-state index in [1.807, 2.05) is 32.1 Å². The molecule has 0 aromatic heterocycles. The summed E-state index contributed by atoms with van der Waals surface area (Å²) in [5, 5.41) is 7.27. The van der Waals surface area contributed by atoms with Crippen molar-refractivity contribution in [2.75, 3.05) is 18.4 Å². The van der Waals surface area contributed by atoms with Crippen molar-refractivity contribution >= 4 is 5.69 Å². The van der Waals surface area contributed by atoms with E-state index in [1.54, 1.807) is 0 Å². The second kappa shape index (κ2) is 14.5. The van der Waals surface area contributed by atoms with Gasteiger partial charge in [-0.05, 0) is 93.6 Å². The normalized spacial score (nSPS) is 17.8. The van der Waals surface area contributed by atoms with Gasteiger partial charge in [-0.3, -0.25) is 0 Å². The fourth-order valence-corrected chi connectivity index (χ4v) is 3.35. The predicted molar refractivity (Wildman–Crippen MR) is 123 cm³/mol. The van der Waals surface area contributed by atoms with E-state index >= 15 is 0 Å². The van der Waals surface area contributed by atoms with Crippen LogP contribution >= 0.6 is 0 Å². The molecule has 156 valence electrons. The number of hydrogen-bond acceptors (Lipinski definition) is 2. The molecule has 0 spiro atoms. The van der Waals surface area contributed by atoms with Crippen LogP contribution in [0.25, 0.3) is 0 Å². The van der Waals surface area contributed by atoms with Crippen molar-refractivity contribution in [3.05, 3.63) is 93.0 Å². The number of nitrogens with one attached hydrogen (secondary N) is 2. The van der Waals surface area contributed by atoms with Gasteiger partial charge in [0.15, 0.2) is 0 Å². The summed E-state index contributed by atoms with van der Waals surface area (Å²) < 4.78 is 0. The van der Waals surface area contributed by atoms with Gasteiger partial charge in [0.1, 0.15) is 0 Å². The van der Waals surface area contributed by atoms with E-state index in [4.69, 9.17) is 0 Å². The number of hydrogen-bond donors (Lipinski definition) is 2. The average Bonchev–Trinajstić information content (AvgIpc) is 3.41. The molecule has 1 unspecified atom stereocenters. The topological polar surface area (TPSA) is 24.1 Å². The van der Waals surface area contributed by atoms with Crippen LogP contribution in [-0.2, 0) is 17.1 Å². The molecule has 0 amide bonds. The molecule has 0 aliphatic heterocycles. The molecule has 2 aliphatic carbocycles. The maximum atomic E-state index is 3.68. The standard InChI is InChI=1S/C21H31N2.C5H5.Fe/c1-15(2)19-11-8-12-20(16(3)4)21(19)23-14-13-22-17(5)18-9-6-7-10-18;1-2-4-5-3-1;/h6-12,15-17,22-23H,13-14H2,1-5H3;1-5H;/q;;+2. The zero-order chi connectivity index (χ0) is 20.4. The van der Waals surface area contributed by atoms with Crippen LogP contribution in [0.3, 0.4) is 0 Å². The van der Waals surface area contributed by atoms with Crippen molar-refractivity contribution in [2.24, 2.45) is 0 Å². The van der Waals surface area contributed by atoms with Crippen LogP contribution in [0.2, 0.25) is 0 Å². The van der Waals surface area contributed by atoms with Crippen molar-refractivity contribution in [1.82, 2.24) is 5.32 Å². The second-order valence-electron chi connectivity index (χ2n) is 7.90. The Labute approximate surface area is 191 Å². The number of para-hydroxylation sites is 1. The molecule has 2 fully saturated rings. The summed E-state index contributed by atoms with van der Waals surface area (Å²) >= 11 is 0. The Morgan fingerprint density at radius 1 is 0.690 bits per heavy atom. The third kappa shape index (κ3) is 9.03. The van der Waals surface area contributed by atoms with Gasteiger partial charge in [0.2, 0.25) is 0 Å². The van der Waals surface area contributed by atoms with E-state index in [1.165, 1.54) is 22.7 Å². The Kier molecular flexibility index (Phi) is 13.3. The monoisotopic (exact) mass is 432 g/mol. The molecule has 29 heavy (non-hydrogen) atoms. The Balaban J connectivity index is 0.000000610. The van der Waals surface area contributed by atoms with Crippen molar-refractivity contribution in [2.45, 2.75) is 52.5 Å². The zero-order valence-corrected chi connectivity index (χ0v) is 19.5. The molecule has 1 atom stereocenters. The summed E-state index contributed by atoms with van der Waals surface area (Å²) in [5.41, 5.74) is 4.17. The third-order valence-electron chi connectivity index (χ3n) is 4.99. The van der Waals surface area contributed by atoms with E-state index in [-0.39, 0.29) is 17.1 Å². The zero-order valence-electron chi connectivity index (χ0n) is 18.4. The van der Waals surface area contributed by atoms with Gasteiger partial charge < -0.3 is 10.6 Å². The van der Waals surface area contributed by atoms with E-state index < -0.39 is 0 Å². The van der Waals surface area contributed by atoms with Crippen LogP contribution in [-0.4, -0.2) is 19.1 Å². The van der Waals surface area contributed by atoms with Crippen LogP contribution in [0, 0.1) is 63.7 Å². The molecule has 2 aliphatic rings. The minimum Gasteiger partial charge on any atom is -0.383 e. The summed E-state index contributed by atoms with van der Waals surface area (Å²) in [4.78, 5) is 0. The van der Waals surface area contributed by atoms with E-state index in [0.29, 0.717) is 17.9 Å². The molecular weight excluding hydrogens is 396 g/mol. The van der Waals surface area contributed by atoms with Crippen molar-refractivity contribution in [3.63, 3.8) is 0 Å². The van der Waals surface area contributed by atoms with Crippen LogP contribution in [0.1, 0.15) is 57.6 Å². The molecule has 0 saturated heterocycles. The summed E-state index contributed by atoms with van der Waals surface area (Å²) in [5.74, 6) is 2.43. The molecule has 1 aromatic carbocycles. The molecule has 1 aromatic rings. The molecule has 10 radical (unpaired) electrons. The molecule has 2 N–H and O–H groups in total. The maximum absolute atomic E-state index is 3.68. The van der Waals surface area contributed by atoms with Crippen molar-refractivity contribution in [1.29, 1.82) is 0 Å². The largest absolute Gasteiger partial charge is 2.00 e. The predicted octanol–water partition coefficient (Wildman–Crippen LogP) is 5.75. The Morgan fingerprint density at radius 2 is 1.17 bits per heavy atom. The quantitative estimate of drug-likeness (QED) is 0.404. The molecule has 0 bridgehead atoms. The van der Waals surface area contributed by atoms with Gasteiger partial charge >= 0.3 is 17.1 Å². The minimum atomic E-state index is 0. The van der Waals surface area contributed by atoms with Crippen molar-refractivity contribution in [3.8, 4) is 0 Å². The van der Waals surface area contributed by atoms with Crippen LogP contribution in [0.4, 0.5) is 5.69 Å². The first kappa shape index (κ1) is 26.5. The first-order valence-electron chi connectivity index (χ1n) is 10.5. The Hall–Kier alpha value is -0.501. The Bertz CT molecular complexity index is 512. The van der Waals surface area contributed by atoms with Gasteiger partial charge in [-0.15, -0.1) is 0 Å². The summed E-state index contributed by atoms with van der Waals surface area (Å²) in [7, 11) is 0.